The minimum atomic E-state index is -0.833. The zero-order valence-corrected chi connectivity index (χ0v) is 27.5. The molecular formula is C30H46NO8P2Pd-. The quantitative estimate of drug-likeness (QED) is 0.101. The Morgan fingerprint density at radius 3 is 2.05 bits per heavy atom. The van der Waals surface area contributed by atoms with Gasteiger partial charge >= 0.3 is 11.9 Å². The summed E-state index contributed by atoms with van der Waals surface area (Å²) in [5, 5.41) is 13.6. The van der Waals surface area contributed by atoms with Gasteiger partial charge in [0.2, 0.25) is 0 Å². The Morgan fingerprint density at radius 1 is 1.02 bits per heavy atom. The van der Waals surface area contributed by atoms with Crippen LogP contribution in [0.2, 0.25) is 0 Å². The van der Waals surface area contributed by atoms with Crippen molar-refractivity contribution in [1.82, 2.24) is 0 Å². The van der Waals surface area contributed by atoms with Gasteiger partial charge in [0.05, 0.1) is 26.4 Å². The Labute approximate surface area is 269 Å². The molecule has 0 saturated carbocycles. The number of esters is 2. The number of aliphatic carboxylic acids is 1. The van der Waals surface area contributed by atoms with E-state index in [9.17, 15) is 9.59 Å². The summed E-state index contributed by atoms with van der Waals surface area (Å²) in [5.41, 5.74) is 4.63. The standard InChI is InChI=1S/C13H16O3.C13H14O3.C2H4O2.CH4.CH3.H3NP2.Pd.H2/c2*1-2-15-13(14)6-4-10-3-5-12-11(9-10)7-8-16-12;1-2(3)4;;;1-3-2;;/h3,5,9H,2,4,6-8H2,1H3;3-6,9H,2,7-8H2,1H3;1H3,(H,3,4);1H4;1H3;1H,2H2;;1H/q;;;;-1;;;/b;6-4+;;;;;;. The number of fused-ring (bicyclic) bond motifs is 2. The van der Waals surface area contributed by atoms with Crippen LogP contribution in [0.5, 0.6) is 11.5 Å². The first-order chi connectivity index (χ1) is 18.7. The molecule has 0 radical (unpaired) electrons. The Hall–Kier alpha value is -2.62. The van der Waals surface area contributed by atoms with Crippen molar-refractivity contribution in [3.63, 3.8) is 0 Å². The Balaban J connectivity index is -0.000000270. The largest absolute Gasteiger partial charge is 0.493 e. The molecule has 0 amide bonds. The third kappa shape index (κ3) is 18.7. The molecule has 1 atom stereocenters. The molecule has 0 aliphatic carbocycles. The number of carboxylic acids is 1. The first-order valence-electron chi connectivity index (χ1n) is 12.5. The van der Waals surface area contributed by atoms with Crippen LogP contribution in [0.1, 0.15) is 58.3 Å². The summed E-state index contributed by atoms with van der Waals surface area (Å²) in [5.74, 6) is 0.673. The Bertz CT molecular complexity index is 1130. The second-order valence-corrected chi connectivity index (χ2v) is 9.08. The average molecular weight is 717 g/mol. The van der Waals surface area contributed by atoms with Crippen molar-refractivity contribution in [2.45, 2.75) is 53.9 Å². The molecule has 2 heterocycles. The number of carboxylic acid groups (broad SMARTS) is 1. The molecular weight excluding hydrogens is 671 g/mol. The molecule has 0 saturated heterocycles. The van der Waals surface area contributed by atoms with Crippen LogP contribution >= 0.6 is 17.0 Å². The van der Waals surface area contributed by atoms with Crippen molar-refractivity contribution in [1.29, 1.82) is 5.16 Å². The second-order valence-electron chi connectivity index (χ2n) is 8.04. The Kier molecular flexibility index (Phi) is 27.2. The molecule has 0 spiro atoms. The van der Waals surface area contributed by atoms with Crippen LogP contribution in [0, 0.1) is 12.6 Å². The number of carbonyl (C=O) groups excluding carboxylic acids is 2. The van der Waals surface area contributed by atoms with Gasteiger partial charge in [0.15, 0.2) is 0 Å². The summed E-state index contributed by atoms with van der Waals surface area (Å²) in [6.07, 6.45) is 6.32. The molecule has 12 heteroatoms. The van der Waals surface area contributed by atoms with Gasteiger partial charge in [-0.1, -0.05) is 34.6 Å². The van der Waals surface area contributed by atoms with Gasteiger partial charge in [-0.3, -0.25) is 14.8 Å². The van der Waals surface area contributed by atoms with Gasteiger partial charge in [-0.25, -0.2) is 4.79 Å². The predicted molar refractivity (Wildman–Crippen MR) is 170 cm³/mol. The van der Waals surface area contributed by atoms with E-state index in [0.29, 0.717) is 27.7 Å². The van der Waals surface area contributed by atoms with E-state index in [1.54, 1.807) is 13.0 Å². The van der Waals surface area contributed by atoms with E-state index in [2.05, 4.69) is 15.0 Å². The van der Waals surface area contributed by atoms with E-state index < -0.39 is 5.97 Å². The van der Waals surface area contributed by atoms with Crippen LogP contribution < -0.4 is 9.47 Å². The summed E-state index contributed by atoms with van der Waals surface area (Å²) >= 11 is 0. The van der Waals surface area contributed by atoms with Gasteiger partial charge in [0, 0.05) is 62.2 Å². The van der Waals surface area contributed by atoms with Crippen molar-refractivity contribution < 1.29 is 60.3 Å². The predicted octanol–water partition coefficient (Wildman–Crippen LogP) is 7.22. The first-order valence-corrected chi connectivity index (χ1v) is 15.0. The van der Waals surface area contributed by atoms with E-state index in [0.717, 1.165) is 56.5 Å². The van der Waals surface area contributed by atoms with E-state index in [1.165, 1.54) is 22.8 Å². The van der Waals surface area contributed by atoms with Crippen LogP contribution in [-0.4, -0.2) is 49.4 Å². The molecule has 9 nitrogen and oxygen atoms in total. The zero-order chi connectivity index (χ0) is 29.0. The van der Waals surface area contributed by atoms with Gasteiger partial charge in [0.1, 0.15) is 11.5 Å². The molecule has 1 unspecified atom stereocenters. The summed E-state index contributed by atoms with van der Waals surface area (Å²) in [6.45, 7) is 7.08. The number of hydrogen-bond donors (Lipinski definition) is 2. The number of carbonyl (C=O) groups is 3. The maximum Gasteiger partial charge on any atom is 0.330 e. The zero-order valence-electron chi connectivity index (χ0n) is 23.9. The number of ether oxygens (including phenoxy) is 4. The molecule has 0 bridgehead atoms. The van der Waals surface area contributed by atoms with Crippen LogP contribution in [0.3, 0.4) is 0 Å². The minimum Gasteiger partial charge on any atom is -0.493 e. The molecule has 2 N–H and O–H groups in total. The molecule has 4 rings (SSSR count). The summed E-state index contributed by atoms with van der Waals surface area (Å²) < 4.78 is 20.5. The SMILES string of the molecule is C.CC(=O)O.CCOC(=O)/C=C/c1ccc2c(c1)CCO2.CCOC(=O)CCc1ccc2c(c1)CCO2.N=PP.[CH3-].[HH].[Pd]. The van der Waals surface area contributed by atoms with Gasteiger partial charge in [-0.05, 0) is 66.8 Å². The second kappa shape index (κ2) is 26.0. The van der Waals surface area contributed by atoms with E-state index in [4.69, 9.17) is 34.0 Å². The summed E-state index contributed by atoms with van der Waals surface area (Å²) in [7, 11) is 2.80. The molecule has 42 heavy (non-hydrogen) atoms. The average Bonchev–Trinajstić information content (AvgIpc) is 3.56. The monoisotopic (exact) mass is 716 g/mol. The van der Waals surface area contributed by atoms with Crippen molar-refractivity contribution in [2.75, 3.05) is 26.4 Å². The number of nitrogens with one attached hydrogen (secondary N) is 1. The fraction of sp³-hybridized carbons (Fsp3) is 0.400. The molecule has 2 aromatic carbocycles. The van der Waals surface area contributed by atoms with Crippen molar-refractivity contribution >= 4 is 41.0 Å². The molecule has 2 aliphatic rings. The molecule has 240 valence electrons. The maximum atomic E-state index is 11.2. The van der Waals surface area contributed by atoms with Gasteiger partial charge in [0.25, 0.3) is 5.97 Å². The fourth-order valence-electron chi connectivity index (χ4n) is 3.54. The van der Waals surface area contributed by atoms with Crippen molar-refractivity contribution in [3.05, 3.63) is 72.2 Å². The molecule has 0 fully saturated rings. The van der Waals surface area contributed by atoms with Gasteiger partial charge < -0.3 is 31.5 Å². The van der Waals surface area contributed by atoms with Crippen molar-refractivity contribution in [3.8, 4) is 11.5 Å². The third-order valence-electron chi connectivity index (χ3n) is 5.09. The minimum absolute atomic E-state index is 0. The molecule has 2 aliphatic heterocycles. The number of aryl methyl sites for hydroxylation is 1. The first kappa shape index (κ1) is 43.8. The number of benzene rings is 2. The fourth-order valence-corrected chi connectivity index (χ4v) is 3.54. The van der Waals surface area contributed by atoms with E-state index in [1.807, 2.05) is 37.3 Å². The topological polar surface area (TPSA) is 132 Å². The summed E-state index contributed by atoms with van der Waals surface area (Å²) in [4.78, 5) is 31.3. The van der Waals surface area contributed by atoms with Crippen LogP contribution in [0.4, 0.5) is 0 Å². The number of rotatable bonds is 7. The normalized spacial score (nSPS) is 11.2. The van der Waals surface area contributed by atoms with E-state index >= 15 is 0 Å². The van der Waals surface area contributed by atoms with Crippen LogP contribution in [0.25, 0.3) is 6.08 Å². The van der Waals surface area contributed by atoms with E-state index in [-0.39, 0.29) is 48.6 Å². The molecule has 0 aromatic heterocycles. The number of hydrogen-bond acceptors (Lipinski definition) is 8. The smallest absolute Gasteiger partial charge is 0.330 e. The molecule has 2 aromatic rings. The third-order valence-corrected chi connectivity index (χ3v) is 5.09. The van der Waals surface area contributed by atoms with Crippen LogP contribution in [-0.2, 0) is 63.5 Å². The van der Waals surface area contributed by atoms with Gasteiger partial charge in [-0.2, -0.15) is 0 Å². The van der Waals surface area contributed by atoms with Gasteiger partial charge in [-0.15, -0.1) is 0 Å². The van der Waals surface area contributed by atoms with Crippen molar-refractivity contribution in [2.24, 2.45) is 0 Å². The van der Waals surface area contributed by atoms with Crippen LogP contribution in [0.15, 0.2) is 42.5 Å². The summed E-state index contributed by atoms with van der Waals surface area (Å²) in [6, 6.07) is 12.0. The maximum absolute atomic E-state index is 11.2. The Morgan fingerprint density at radius 2 is 1.52 bits per heavy atom.